The Balaban J connectivity index is 2.25. The summed E-state index contributed by atoms with van der Waals surface area (Å²) in [4.78, 5) is 4.20. The van der Waals surface area contributed by atoms with Gasteiger partial charge in [-0.15, -0.1) is 0 Å². The molecule has 0 aliphatic carbocycles. The molecule has 0 amide bonds. The van der Waals surface area contributed by atoms with Crippen molar-refractivity contribution in [3.63, 3.8) is 0 Å². The van der Waals surface area contributed by atoms with Gasteiger partial charge in [0.05, 0.1) is 6.61 Å². The Morgan fingerprint density at radius 1 is 1.22 bits per heavy atom. The number of ether oxygens (including phenoxy) is 1. The van der Waals surface area contributed by atoms with Gasteiger partial charge in [0.1, 0.15) is 5.75 Å². The highest BCUT2D eigenvalue weighted by Crippen LogP contribution is 2.27. The van der Waals surface area contributed by atoms with Crippen molar-refractivity contribution < 1.29 is 9.84 Å². The molecular formula is C14H14BrNO2. The van der Waals surface area contributed by atoms with E-state index in [9.17, 15) is 0 Å². The fourth-order valence-electron chi connectivity index (χ4n) is 1.61. The summed E-state index contributed by atoms with van der Waals surface area (Å²) in [7, 11) is 0. The molecule has 2 rings (SSSR count). The first-order valence-corrected chi connectivity index (χ1v) is 6.40. The van der Waals surface area contributed by atoms with E-state index in [1.54, 1.807) is 6.20 Å². The summed E-state index contributed by atoms with van der Waals surface area (Å²) in [6.45, 7) is 3.91. The molecule has 3 nitrogen and oxygen atoms in total. The fraction of sp³-hybridized carbons (Fsp3) is 0.214. The van der Waals surface area contributed by atoms with Crippen molar-refractivity contribution in [2.45, 2.75) is 20.5 Å². The van der Waals surface area contributed by atoms with E-state index in [0.29, 0.717) is 5.88 Å². The van der Waals surface area contributed by atoms with Gasteiger partial charge >= 0.3 is 0 Å². The number of hydrogen-bond donors (Lipinski definition) is 1. The molecule has 0 spiro atoms. The normalized spacial score (nSPS) is 10.4. The third-order valence-corrected chi connectivity index (χ3v) is 3.50. The van der Waals surface area contributed by atoms with Crippen molar-refractivity contribution in [2.24, 2.45) is 0 Å². The van der Waals surface area contributed by atoms with Gasteiger partial charge in [0.2, 0.25) is 5.88 Å². The van der Waals surface area contributed by atoms with Crippen molar-refractivity contribution in [2.75, 3.05) is 0 Å². The van der Waals surface area contributed by atoms with Crippen LogP contribution in [0.4, 0.5) is 0 Å². The SMILES string of the molecule is Cc1cc(Oc2ncc(CO)cc2C)ccc1Br. The van der Waals surface area contributed by atoms with Crippen LogP contribution < -0.4 is 4.74 Å². The first-order valence-electron chi connectivity index (χ1n) is 5.60. The van der Waals surface area contributed by atoms with E-state index in [1.807, 2.05) is 38.1 Å². The lowest BCUT2D eigenvalue weighted by atomic mass is 10.2. The quantitative estimate of drug-likeness (QED) is 0.939. The van der Waals surface area contributed by atoms with Crippen LogP contribution in [0.2, 0.25) is 0 Å². The molecule has 0 radical (unpaired) electrons. The van der Waals surface area contributed by atoms with E-state index in [4.69, 9.17) is 9.84 Å². The Bertz CT molecular complexity index is 570. The number of hydrogen-bond acceptors (Lipinski definition) is 3. The van der Waals surface area contributed by atoms with Gasteiger partial charge in [-0.2, -0.15) is 0 Å². The maximum atomic E-state index is 9.02. The third-order valence-electron chi connectivity index (χ3n) is 2.61. The second-order valence-corrected chi connectivity index (χ2v) is 4.99. The number of pyridine rings is 1. The van der Waals surface area contributed by atoms with Crippen LogP contribution in [0.25, 0.3) is 0 Å². The highest BCUT2D eigenvalue weighted by molar-refractivity contribution is 9.10. The zero-order valence-corrected chi connectivity index (χ0v) is 11.9. The summed E-state index contributed by atoms with van der Waals surface area (Å²) < 4.78 is 6.78. The first kappa shape index (κ1) is 13.1. The predicted molar refractivity (Wildman–Crippen MR) is 73.8 cm³/mol. The van der Waals surface area contributed by atoms with E-state index in [1.165, 1.54) is 0 Å². The summed E-state index contributed by atoms with van der Waals surface area (Å²) >= 11 is 3.45. The fourth-order valence-corrected chi connectivity index (χ4v) is 1.85. The molecule has 0 aliphatic rings. The number of aryl methyl sites for hydroxylation is 2. The van der Waals surface area contributed by atoms with Gasteiger partial charge in [-0.1, -0.05) is 15.9 Å². The maximum Gasteiger partial charge on any atom is 0.222 e. The van der Waals surface area contributed by atoms with Gasteiger partial charge in [-0.25, -0.2) is 4.98 Å². The molecule has 0 saturated carbocycles. The van der Waals surface area contributed by atoms with Gasteiger partial charge < -0.3 is 9.84 Å². The highest BCUT2D eigenvalue weighted by Gasteiger charge is 2.05. The molecule has 1 N–H and O–H groups in total. The zero-order chi connectivity index (χ0) is 13.1. The molecule has 0 saturated heterocycles. The molecule has 0 atom stereocenters. The van der Waals surface area contributed by atoms with Crippen LogP contribution in [-0.2, 0) is 6.61 Å². The molecule has 4 heteroatoms. The van der Waals surface area contributed by atoms with E-state index >= 15 is 0 Å². The number of nitrogens with zero attached hydrogens (tertiary/aromatic N) is 1. The van der Waals surface area contributed by atoms with Gasteiger partial charge in [-0.3, -0.25) is 0 Å². The third kappa shape index (κ3) is 2.89. The van der Waals surface area contributed by atoms with Crippen molar-refractivity contribution >= 4 is 15.9 Å². The summed E-state index contributed by atoms with van der Waals surface area (Å²) in [6.07, 6.45) is 1.62. The predicted octanol–water partition coefficient (Wildman–Crippen LogP) is 3.75. The van der Waals surface area contributed by atoms with Crippen LogP contribution in [0.3, 0.4) is 0 Å². The Hall–Kier alpha value is -1.39. The molecule has 0 aliphatic heterocycles. The topological polar surface area (TPSA) is 42.4 Å². The van der Waals surface area contributed by atoms with Crippen molar-refractivity contribution in [1.29, 1.82) is 0 Å². The molecule has 0 bridgehead atoms. The van der Waals surface area contributed by atoms with Crippen molar-refractivity contribution in [3.05, 3.63) is 51.6 Å². The molecule has 2 aromatic rings. The molecular weight excluding hydrogens is 294 g/mol. The molecule has 0 unspecified atom stereocenters. The summed E-state index contributed by atoms with van der Waals surface area (Å²) in [5, 5.41) is 9.02. The minimum absolute atomic E-state index is 0.00842. The van der Waals surface area contributed by atoms with Crippen LogP contribution in [0.1, 0.15) is 16.7 Å². The summed E-state index contributed by atoms with van der Waals surface area (Å²) in [6, 6.07) is 7.65. The molecule has 1 aromatic carbocycles. The van der Waals surface area contributed by atoms with Gasteiger partial charge in [-0.05, 0) is 49.2 Å². The Labute approximate surface area is 115 Å². The van der Waals surface area contributed by atoms with Crippen molar-refractivity contribution in [3.8, 4) is 11.6 Å². The van der Waals surface area contributed by atoms with E-state index in [-0.39, 0.29) is 6.61 Å². The largest absolute Gasteiger partial charge is 0.439 e. The van der Waals surface area contributed by atoms with E-state index < -0.39 is 0 Å². The molecule has 1 aromatic heterocycles. The second kappa shape index (κ2) is 5.50. The first-order chi connectivity index (χ1) is 8.60. The average Bonchev–Trinajstić information content (AvgIpc) is 2.36. The number of aliphatic hydroxyl groups is 1. The minimum Gasteiger partial charge on any atom is -0.439 e. The lowest BCUT2D eigenvalue weighted by Gasteiger charge is -2.09. The Morgan fingerprint density at radius 2 is 2.00 bits per heavy atom. The molecule has 94 valence electrons. The summed E-state index contributed by atoms with van der Waals surface area (Å²) in [5.74, 6) is 1.32. The second-order valence-electron chi connectivity index (χ2n) is 4.14. The maximum absolute atomic E-state index is 9.02. The number of halogens is 1. The lowest BCUT2D eigenvalue weighted by molar-refractivity contribution is 0.281. The van der Waals surface area contributed by atoms with Crippen LogP contribution in [-0.4, -0.2) is 10.1 Å². The number of aromatic nitrogens is 1. The van der Waals surface area contributed by atoms with Crippen LogP contribution >= 0.6 is 15.9 Å². The van der Waals surface area contributed by atoms with E-state index in [2.05, 4.69) is 20.9 Å². The standard InChI is InChI=1S/C14H14BrNO2/c1-9-6-12(3-4-13(9)15)18-14-10(2)5-11(8-17)7-16-14/h3-7,17H,8H2,1-2H3. The molecule has 1 heterocycles. The average molecular weight is 308 g/mol. The minimum atomic E-state index is -0.00842. The number of rotatable bonds is 3. The van der Waals surface area contributed by atoms with Crippen LogP contribution in [0.5, 0.6) is 11.6 Å². The van der Waals surface area contributed by atoms with Gasteiger partial charge in [0.25, 0.3) is 0 Å². The summed E-state index contributed by atoms with van der Waals surface area (Å²) in [5.41, 5.74) is 2.80. The van der Waals surface area contributed by atoms with Gasteiger partial charge in [0.15, 0.2) is 0 Å². The molecule has 18 heavy (non-hydrogen) atoms. The lowest BCUT2D eigenvalue weighted by Crippen LogP contribution is -1.94. The van der Waals surface area contributed by atoms with Crippen LogP contribution in [0, 0.1) is 13.8 Å². The smallest absolute Gasteiger partial charge is 0.222 e. The van der Waals surface area contributed by atoms with Crippen LogP contribution in [0.15, 0.2) is 34.9 Å². The van der Waals surface area contributed by atoms with Crippen molar-refractivity contribution in [1.82, 2.24) is 4.98 Å². The number of benzene rings is 1. The zero-order valence-electron chi connectivity index (χ0n) is 10.3. The number of aliphatic hydroxyl groups excluding tert-OH is 1. The molecule has 0 fully saturated rings. The van der Waals surface area contributed by atoms with Gasteiger partial charge in [0, 0.05) is 16.2 Å². The monoisotopic (exact) mass is 307 g/mol. The Kier molecular flexibility index (Phi) is 3.99. The Morgan fingerprint density at radius 3 is 2.61 bits per heavy atom. The van der Waals surface area contributed by atoms with E-state index in [0.717, 1.165) is 26.9 Å². The highest BCUT2D eigenvalue weighted by atomic mass is 79.9.